The summed E-state index contributed by atoms with van der Waals surface area (Å²) in [4.78, 5) is 3.96. The van der Waals surface area contributed by atoms with Gasteiger partial charge in [-0.1, -0.05) is 6.07 Å². The van der Waals surface area contributed by atoms with E-state index >= 15 is 0 Å². The van der Waals surface area contributed by atoms with Crippen LogP contribution in [-0.4, -0.2) is 20.0 Å². The SMILES string of the molecule is CCOS(=O)(=O)/C=C/c1ccc(Br)nc1. The molecule has 0 fully saturated rings. The number of aromatic nitrogens is 1. The Hall–Kier alpha value is -0.720. The normalized spacial score (nSPS) is 12.1. The summed E-state index contributed by atoms with van der Waals surface area (Å²) in [7, 11) is -3.56. The van der Waals surface area contributed by atoms with Gasteiger partial charge in [-0.05, 0) is 40.6 Å². The highest BCUT2D eigenvalue weighted by Gasteiger charge is 2.03. The molecule has 0 aliphatic carbocycles. The maximum atomic E-state index is 11.1. The van der Waals surface area contributed by atoms with Gasteiger partial charge in [-0.25, -0.2) is 4.98 Å². The van der Waals surface area contributed by atoms with Crippen molar-refractivity contribution in [3.8, 4) is 0 Å². The molecule has 0 atom stereocenters. The monoisotopic (exact) mass is 291 g/mol. The second-order valence-corrected chi connectivity index (χ2v) is 4.92. The highest BCUT2D eigenvalue weighted by Crippen LogP contribution is 2.08. The van der Waals surface area contributed by atoms with Crippen LogP contribution in [0.2, 0.25) is 0 Å². The first-order chi connectivity index (χ1) is 7.03. The van der Waals surface area contributed by atoms with Crippen molar-refractivity contribution < 1.29 is 12.6 Å². The molecular weight excluding hydrogens is 282 g/mol. The number of hydrogen-bond donors (Lipinski definition) is 0. The molecule has 0 spiro atoms. The van der Waals surface area contributed by atoms with Gasteiger partial charge in [0.15, 0.2) is 0 Å². The van der Waals surface area contributed by atoms with E-state index in [-0.39, 0.29) is 6.61 Å². The summed E-state index contributed by atoms with van der Waals surface area (Å²) in [5, 5.41) is 1.02. The standard InChI is InChI=1S/C9H10BrNO3S/c1-2-14-15(12,13)6-5-8-3-4-9(10)11-7-8/h3-7H,2H2,1H3/b6-5+. The largest absolute Gasteiger partial charge is 0.290 e. The Balaban J connectivity index is 2.78. The van der Waals surface area contributed by atoms with Crippen LogP contribution in [0.25, 0.3) is 6.08 Å². The van der Waals surface area contributed by atoms with Crippen LogP contribution in [0.1, 0.15) is 12.5 Å². The summed E-state index contributed by atoms with van der Waals surface area (Å²) in [6, 6.07) is 3.47. The highest BCUT2D eigenvalue weighted by atomic mass is 79.9. The van der Waals surface area contributed by atoms with Crippen LogP contribution >= 0.6 is 15.9 Å². The average Bonchev–Trinajstić information content (AvgIpc) is 2.17. The second kappa shape index (κ2) is 5.39. The number of pyridine rings is 1. The first kappa shape index (κ1) is 12.4. The smallest absolute Gasteiger partial charge is 0.267 e. The molecule has 1 rings (SSSR count). The molecule has 0 aliphatic rings. The lowest BCUT2D eigenvalue weighted by Gasteiger charge is -1.96. The summed E-state index contributed by atoms with van der Waals surface area (Å²) in [5.74, 6) is 0. The van der Waals surface area contributed by atoms with Crippen molar-refractivity contribution in [1.29, 1.82) is 0 Å². The minimum atomic E-state index is -3.56. The Morgan fingerprint density at radius 2 is 2.27 bits per heavy atom. The molecule has 4 nitrogen and oxygen atoms in total. The van der Waals surface area contributed by atoms with Crippen LogP contribution in [0.4, 0.5) is 0 Å². The molecule has 0 aromatic carbocycles. The Bertz CT molecular complexity index is 439. The zero-order valence-corrected chi connectivity index (χ0v) is 10.5. The fraction of sp³-hybridized carbons (Fsp3) is 0.222. The van der Waals surface area contributed by atoms with Gasteiger partial charge in [0.1, 0.15) is 4.60 Å². The van der Waals surface area contributed by atoms with Crippen molar-refractivity contribution >= 4 is 32.1 Å². The second-order valence-electron chi connectivity index (χ2n) is 2.62. The lowest BCUT2D eigenvalue weighted by molar-refractivity contribution is 0.345. The van der Waals surface area contributed by atoms with E-state index in [4.69, 9.17) is 0 Å². The first-order valence-electron chi connectivity index (χ1n) is 4.22. The van der Waals surface area contributed by atoms with E-state index in [2.05, 4.69) is 25.1 Å². The minimum Gasteiger partial charge on any atom is -0.267 e. The van der Waals surface area contributed by atoms with Crippen LogP contribution in [0.15, 0.2) is 28.3 Å². The van der Waals surface area contributed by atoms with Gasteiger partial charge in [0.05, 0.1) is 12.0 Å². The molecule has 0 amide bonds. The fourth-order valence-corrected chi connectivity index (χ4v) is 1.82. The Kier molecular flexibility index (Phi) is 4.44. The van der Waals surface area contributed by atoms with E-state index in [0.717, 1.165) is 5.41 Å². The van der Waals surface area contributed by atoms with Crippen LogP contribution in [-0.2, 0) is 14.3 Å². The maximum absolute atomic E-state index is 11.1. The topological polar surface area (TPSA) is 56.3 Å². The summed E-state index contributed by atoms with van der Waals surface area (Å²) in [6.45, 7) is 1.75. The summed E-state index contributed by atoms with van der Waals surface area (Å²) < 4.78 is 27.5. The quantitative estimate of drug-likeness (QED) is 0.630. The van der Waals surface area contributed by atoms with Gasteiger partial charge < -0.3 is 0 Å². The minimum absolute atomic E-state index is 0.130. The van der Waals surface area contributed by atoms with Gasteiger partial charge in [0.2, 0.25) is 0 Å². The van der Waals surface area contributed by atoms with Gasteiger partial charge in [-0.3, -0.25) is 4.18 Å². The number of hydrogen-bond acceptors (Lipinski definition) is 4. The molecule has 0 unspecified atom stereocenters. The zero-order chi connectivity index (χ0) is 11.3. The summed E-state index contributed by atoms with van der Waals surface area (Å²) >= 11 is 3.18. The van der Waals surface area contributed by atoms with Crippen molar-refractivity contribution in [2.45, 2.75) is 6.92 Å². The average molecular weight is 292 g/mol. The lowest BCUT2D eigenvalue weighted by Crippen LogP contribution is -2.00. The summed E-state index contributed by atoms with van der Waals surface area (Å²) in [5.41, 5.74) is 0.696. The van der Waals surface area contributed by atoms with E-state index in [0.29, 0.717) is 10.2 Å². The first-order valence-corrected chi connectivity index (χ1v) is 6.49. The number of nitrogens with zero attached hydrogens (tertiary/aromatic N) is 1. The van der Waals surface area contributed by atoms with Crippen molar-refractivity contribution in [3.63, 3.8) is 0 Å². The Morgan fingerprint density at radius 1 is 1.53 bits per heavy atom. The van der Waals surface area contributed by atoms with Crippen LogP contribution in [0.5, 0.6) is 0 Å². The molecule has 0 saturated carbocycles. The van der Waals surface area contributed by atoms with Crippen LogP contribution < -0.4 is 0 Å². The third kappa shape index (κ3) is 4.55. The summed E-state index contributed by atoms with van der Waals surface area (Å²) in [6.07, 6.45) is 2.99. The van der Waals surface area contributed by atoms with E-state index in [9.17, 15) is 8.42 Å². The Labute approximate surface area is 97.2 Å². The number of halogens is 1. The third-order valence-corrected chi connectivity index (χ3v) is 2.96. The number of rotatable bonds is 4. The van der Waals surface area contributed by atoms with Gasteiger partial charge in [0, 0.05) is 6.20 Å². The van der Waals surface area contributed by atoms with Crippen LogP contribution in [0.3, 0.4) is 0 Å². The zero-order valence-electron chi connectivity index (χ0n) is 8.05. The van der Waals surface area contributed by atoms with E-state index in [1.807, 2.05) is 0 Å². The molecule has 15 heavy (non-hydrogen) atoms. The van der Waals surface area contributed by atoms with Gasteiger partial charge in [-0.2, -0.15) is 8.42 Å². The molecule has 0 saturated heterocycles. The predicted octanol–water partition coefficient (Wildman–Crippen LogP) is 2.18. The molecule has 1 aromatic rings. The van der Waals surface area contributed by atoms with Gasteiger partial charge >= 0.3 is 0 Å². The Morgan fingerprint density at radius 3 is 2.80 bits per heavy atom. The van der Waals surface area contributed by atoms with Crippen molar-refractivity contribution in [2.75, 3.05) is 6.61 Å². The van der Waals surface area contributed by atoms with Crippen LogP contribution in [0, 0.1) is 0 Å². The van der Waals surface area contributed by atoms with E-state index < -0.39 is 10.1 Å². The molecule has 0 aliphatic heterocycles. The van der Waals surface area contributed by atoms with Crippen molar-refractivity contribution in [2.24, 2.45) is 0 Å². The van der Waals surface area contributed by atoms with Gasteiger partial charge in [-0.15, -0.1) is 0 Å². The third-order valence-electron chi connectivity index (χ3n) is 1.46. The molecule has 1 heterocycles. The molecule has 0 bridgehead atoms. The van der Waals surface area contributed by atoms with Crippen molar-refractivity contribution in [3.05, 3.63) is 33.9 Å². The van der Waals surface area contributed by atoms with E-state index in [1.165, 1.54) is 6.08 Å². The highest BCUT2D eigenvalue weighted by molar-refractivity contribution is 9.10. The molecular formula is C9H10BrNO3S. The van der Waals surface area contributed by atoms with E-state index in [1.54, 1.807) is 25.3 Å². The van der Waals surface area contributed by atoms with Gasteiger partial charge in [0.25, 0.3) is 10.1 Å². The maximum Gasteiger partial charge on any atom is 0.290 e. The molecule has 82 valence electrons. The van der Waals surface area contributed by atoms with Crippen molar-refractivity contribution in [1.82, 2.24) is 4.98 Å². The molecule has 0 radical (unpaired) electrons. The molecule has 1 aromatic heterocycles. The lowest BCUT2D eigenvalue weighted by atomic mass is 10.3. The molecule has 0 N–H and O–H groups in total. The predicted molar refractivity (Wildman–Crippen MR) is 61.5 cm³/mol. The molecule has 6 heteroatoms. The fourth-order valence-electron chi connectivity index (χ4n) is 0.851.